The first-order chi connectivity index (χ1) is 13.8. The fourth-order valence-electron chi connectivity index (χ4n) is 2.87. The predicted octanol–water partition coefficient (Wildman–Crippen LogP) is 5.27. The Kier molecular flexibility index (Phi) is 5.99. The van der Waals surface area contributed by atoms with Gasteiger partial charge >= 0.3 is 0 Å². The van der Waals surface area contributed by atoms with Crippen LogP contribution >= 0.6 is 27.5 Å². The Morgan fingerprint density at radius 1 is 1.45 bits per heavy atom. The summed E-state index contributed by atoms with van der Waals surface area (Å²) >= 11 is 9.31. The monoisotopic (exact) mass is 481 g/mol. The van der Waals surface area contributed by atoms with Crippen LogP contribution in [0, 0.1) is 15.9 Å². The van der Waals surface area contributed by atoms with Crippen LogP contribution in [-0.2, 0) is 11.8 Å². The average Bonchev–Trinajstić information content (AvgIpc) is 2.99. The van der Waals surface area contributed by atoms with E-state index in [2.05, 4.69) is 21.0 Å². The fourth-order valence-corrected chi connectivity index (χ4v) is 3.75. The highest BCUT2D eigenvalue weighted by Crippen LogP contribution is 2.38. The van der Waals surface area contributed by atoms with Crippen LogP contribution in [-0.4, -0.2) is 27.1 Å². The molecule has 0 N–H and O–H groups in total. The van der Waals surface area contributed by atoms with Crippen molar-refractivity contribution >= 4 is 56.0 Å². The van der Waals surface area contributed by atoms with Gasteiger partial charge in [-0.05, 0) is 47.1 Å². The second-order valence-corrected chi connectivity index (χ2v) is 7.16. The van der Waals surface area contributed by atoms with E-state index in [9.17, 15) is 19.3 Å². The molecule has 150 valence electrons. The molecule has 0 fully saturated rings. The maximum Gasteiger partial charge on any atom is 0.282 e. The molecule has 29 heavy (non-hydrogen) atoms. The number of ether oxygens (including phenoxy) is 1. The molecule has 0 atom stereocenters. The zero-order valence-electron chi connectivity index (χ0n) is 15.3. The standard InChI is InChI=1S/C19H14BrClFN3O4/c1-3-29-7-6-14-12-9-15(25(27)28)16(17(20)18(12)23-24(14)2)19(26)11-8-10(22)4-5-13(11)21/h4-9H,3H2,1-2H3/b7-6+. The van der Waals surface area contributed by atoms with Gasteiger partial charge in [0.05, 0.1) is 33.0 Å². The predicted molar refractivity (Wildman–Crippen MR) is 111 cm³/mol. The number of fused-ring (bicyclic) bond motifs is 1. The smallest absolute Gasteiger partial charge is 0.282 e. The summed E-state index contributed by atoms with van der Waals surface area (Å²) in [5.41, 5.74) is 0.00887. The molecule has 0 aliphatic heterocycles. The molecule has 1 aromatic heterocycles. The Morgan fingerprint density at radius 3 is 2.83 bits per heavy atom. The minimum atomic E-state index is -0.785. The van der Waals surface area contributed by atoms with Crippen LogP contribution in [0.4, 0.5) is 10.1 Å². The molecule has 0 radical (unpaired) electrons. The van der Waals surface area contributed by atoms with Gasteiger partial charge in [-0.25, -0.2) is 4.39 Å². The first kappa shape index (κ1) is 20.9. The molecule has 0 aliphatic carbocycles. The Morgan fingerprint density at radius 2 is 2.17 bits per heavy atom. The lowest BCUT2D eigenvalue weighted by molar-refractivity contribution is -0.385. The van der Waals surface area contributed by atoms with Crippen molar-refractivity contribution in [1.82, 2.24) is 9.78 Å². The first-order valence-corrected chi connectivity index (χ1v) is 9.54. The first-order valence-electron chi connectivity index (χ1n) is 8.37. The lowest BCUT2D eigenvalue weighted by atomic mass is 9.99. The molecule has 0 unspecified atom stereocenters. The maximum absolute atomic E-state index is 13.6. The molecule has 2 aromatic carbocycles. The van der Waals surface area contributed by atoms with Crippen LogP contribution in [0.3, 0.4) is 0 Å². The van der Waals surface area contributed by atoms with E-state index in [1.807, 2.05) is 6.92 Å². The van der Waals surface area contributed by atoms with Crippen LogP contribution in [0.5, 0.6) is 0 Å². The van der Waals surface area contributed by atoms with Gasteiger partial charge in [0.15, 0.2) is 0 Å². The second-order valence-electron chi connectivity index (χ2n) is 5.96. The number of benzene rings is 2. The van der Waals surface area contributed by atoms with Crippen LogP contribution in [0.15, 0.2) is 35.0 Å². The third kappa shape index (κ3) is 3.88. The number of halogens is 3. The number of ketones is 1. The van der Waals surface area contributed by atoms with E-state index in [0.29, 0.717) is 23.2 Å². The van der Waals surface area contributed by atoms with Crippen LogP contribution in [0.2, 0.25) is 5.02 Å². The van der Waals surface area contributed by atoms with E-state index in [1.165, 1.54) is 23.1 Å². The normalized spacial score (nSPS) is 11.3. The number of nitro groups is 1. The highest BCUT2D eigenvalue weighted by atomic mass is 79.9. The van der Waals surface area contributed by atoms with Gasteiger partial charge in [0.1, 0.15) is 16.9 Å². The molecule has 3 aromatic rings. The summed E-state index contributed by atoms with van der Waals surface area (Å²) < 4.78 is 20.5. The molecule has 7 nitrogen and oxygen atoms in total. The van der Waals surface area contributed by atoms with Gasteiger partial charge in [-0.15, -0.1) is 0 Å². The summed E-state index contributed by atoms with van der Waals surface area (Å²) in [6.45, 7) is 2.28. The van der Waals surface area contributed by atoms with Gasteiger partial charge in [-0.1, -0.05) is 11.6 Å². The molecular weight excluding hydrogens is 469 g/mol. The fraction of sp³-hybridized carbons (Fsp3) is 0.158. The van der Waals surface area contributed by atoms with E-state index < -0.39 is 22.2 Å². The van der Waals surface area contributed by atoms with E-state index >= 15 is 0 Å². The molecule has 3 rings (SSSR count). The number of carbonyl (C=O) groups is 1. The Balaban J connectivity index is 2.29. The molecule has 0 bridgehead atoms. The van der Waals surface area contributed by atoms with Crippen molar-refractivity contribution in [3.63, 3.8) is 0 Å². The van der Waals surface area contributed by atoms with Gasteiger partial charge in [-0.2, -0.15) is 5.10 Å². The van der Waals surface area contributed by atoms with E-state index in [1.54, 1.807) is 13.1 Å². The summed E-state index contributed by atoms with van der Waals surface area (Å²) in [4.78, 5) is 24.1. The van der Waals surface area contributed by atoms with Gasteiger partial charge < -0.3 is 4.74 Å². The number of nitro benzene ring substituents is 1. The lowest BCUT2D eigenvalue weighted by Gasteiger charge is -2.08. The largest absolute Gasteiger partial charge is 0.501 e. The van der Waals surface area contributed by atoms with Crippen LogP contribution in [0.25, 0.3) is 17.0 Å². The lowest BCUT2D eigenvalue weighted by Crippen LogP contribution is -2.08. The number of nitrogens with zero attached hydrogens (tertiary/aromatic N) is 3. The summed E-state index contributed by atoms with van der Waals surface area (Å²) in [7, 11) is 1.66. The third-order valence-electron chi connectivity index (χ3n) is 4.18. The summed E-state index contributed by atoms with van der Waals surface area (Å²) in [5.74, 6) is -1.47. The van der Waals surface area contributed by atoms with E-state index in [0.717, 1.165) is 12.1 Å². The van der Waals surface area contributed by atoms with Crippen LogP contribution in [0.1, 0.15) is 28.5 Å². The van der Waals surface area contributed by atoms with Crippen molar-refractivity contribution in [1.29, 1.82) is 0 Å². The van der Waals surface area contributed by atoms with Gasteiger partial charge in [0.2, 0.25) is 5.78 Å². The highest BCUT2D eigenvalue weighted by molar-refractivity contribution is 9.10. The van der Waals surface area contributed by atoms with E-state index in [-0.39, 0.29) is 20.6 Å². The maximum atomic E-state index is 13.6. The number of hydrogen-bond donors (Lipinski definition) is 0. The number of hydrogen-bond acceptors (Lipinski definition) is 5. The van der Waals surface area contributed by atoms with Crippen LogP contribution < -0.4 is 0 Å². The Labute approximate surface area is 178 Å². The van der Waals surface area contributed by atoms with Crippen molar-refractivity contribution in [2.45, 2.75) is 6.92 Å². The Bertz CT molecular complexity index is 1180. The zero-order chi connectivity index (χ0) is 21.3. The minimum absolute atomic E-state index is 0.0148. The van der Waals surface area contributed by atoms with Gasteiger partial charge in [0.25, 0.3) is 5.69 Å². The number of aryl methyl sites for hydroxylation is 1. The molecule has 0 amide bonds. The highest BCUT2D eigenvalue weighted by Gasteiger charge is 2.30. The molecule has 0 spiro atoms. The van der Waals surface area contributed by atoms with Crippen molar-refractivity contribution in [3.05, 3.63) is 72.8 Å². The summed E-state index contributed by atoms with van der Waals surface area (Å²) in [5, 5.41) is 16.5. The number of carbonyl (C=O) groups excluding carboxylic acids is 1. The average molecular weight is 483 g/mol. The topological polar surface area (TPSA) is 87.3 Å². The van der Waals surface area contributed by atoms with Gasteiger partial charge in [0, 0.05) is 24.1 Å². The number of aromatic nitrogens is 2. The van der Waals surface area contributed by atoms with Gasteiger partial charge in [-0.3, -0.25) is 19.6 Å². The quantitative estimate of drug-likeness (QED) is 0.207. The molecule has 0 saturated carbocycles. The third-order valence-corrected chi connectivity index (χ3v) is 5.28. The molecule has 1 heterocycles. The Hall–Kier alpha value is -2.78. The summed E-state index contributed by atoms with van der Waals surface area (Å²) in [6.07, 6.45) is 3.09. The molecular formula is C19H14BrClFN3O4. The van der Waals surface area contributed by atoms with Crippen molar-refractivity contribution in [2.75, 3.05) is 6.61 Å². The van der Waals surface area contributed by atoms with Crippen molar-refractivity contribution < 1.29 is 18.8 Å². The van der Waals surface area contributed by atoms with Crippen molar-refractivity contribution in [3.8, 4) is 0 Å². The summed E-state index contributed by atoms with van der Waals surface area (Å²) in [6, 6.07) is 4.53. The number of rotatable bonds is 6. The zero-order valence-corrected chi connectivity index (χ0v) is 17.6. The second kappa shape index (κ2) is 8.30. The molecule has 0 saturated heterocycles. The minimum Gasteiger partial charge on any atom is -0.501 e. The SMILES string of the molecule is CCO/C=C/c1c2cc([N+](=O)[O-])c(C(=O)c3cc(F)ccc3Cl)c(Br)c2nn1C. The van der Waals surface area contributed by atoms with Crippen molar-refractivity contribution in [2.24, 2.45) is 7.05 Å². The molecule has 10 heteroatoms. The van der Waals surface area contributed by atoms with E-state index in [4.69, 9.17) is 16.3 Å². The molecule has 0 aliphatic rings.